The van der Waals surface area contributed by atoms with Crippen molar-refractivity contribution >= 4 is 5.96 Å². The molecule has 0 aromatic heterocycles. The molecule has 0 radical (unpaired) electrons. The Balaban J connectivity index is 1.93. The Hall–Kier alpha value is -3.01. The number of aliphatic hydroxyl groups excluding tert-OH is 1. The third-order valence-electron chi connectivity index (χ3n) is 3.99. The van der Waals surface area contributed by atoms with Crippen molar-refractivity contribution in [1.29, 1.82) is 0 Å². The Kier molecular flexibility index (Phi) is 9.89. The highest BCUT2D eigenvalue weighted by molar-refractivity contribution is 5.79. The zero-order valence-corrected chi connectivity index (χ0v) is 16.9. The molecule has 0 spiro atoms. The van der Waals surface area contributed by atoms with Gasteiger partial charge in [0.1, 0.15) is 18.1 Å². The van der Waals surface area contributed by atoms with Crippen molar-refractivity contribution < 1.29 is 32.1 Å². The van der Waals surface area contributed by atoms with Gasteiger partial charge in [-0.25, -0.2) is 13.8 Å². The quantitative estimate of drug-likeness (QED) is 0.280. The summed E-state index contributed by atoms with van der Waals surface area (Å²) >= 11 is 0. The molecule has 0 aliphatic carbocycles. The average molecular weight is 443 g/mol. The lowest BCUT2D eigenvalue weighted by Gasteiger charge is -2.16. The van der Waals surface area contributed by atoms with Crippen LogP contribution in [0.15, 0.2) is 53.5 Å². The molecule has 0 saturated heterocycles. The van der Waals surface area contributed by atoms with Crippen LogP contribution in [0.1, 0.15) is 24.2 Å². The first-order chi connectivity index (χ1) is 14.9. The van der Waals surface area contributed by atoms with E-state index in [1.807, 2.05) is 6.92 Å². The topological polar surface area (TPSA) is 75.1 Å². The number of halogens is 4. The number of aliphatic hydroxyl groups is 1. The van der Waals surface area contributed by atoms with E-state index in [1.165, 1.54) is 24.3 Å². The van der Waals surface area contributed by atoms with E-state index in [0.29, 0.717) is 23.8 Å². The third-order valence-corrected chi connectivity index (χ3v) is 3.99. The highest BCUT2D eigenvalue weighted by Gasteiger charge is 2.10. The van der Waals surface area contributed by atoms with E-state index in [9.17, 15) is 22.7 Å². The first-order valence-electron chi connectivity index (χ1n) is 9.62. The van der Waals surface area contributed by atoms with Crippen molar-refractivity contribution in [3.8, 4) is 11.5 Å². The largest absolute Gasteiger partial charge is 0.488 e. The van der Waals surface area contributed by atoms with Crippen LogP contribution in [0.4, 0.5) is 17.6 Å². The van der Waals surface area contributed by atoms with Crippen molar-refractivity contribution in [1.82, 2.24) is 10.6 Å². The zero-order chi connectivity index (χ0) is 22.6. The van der Waals surface area contributed by atoms with E-state index in [2.05, 4.69) is 20.4 Å². The van der Waals surface area contributed by atoms with Crippen LogP contribution in [-0.2, 0) is 6.54 Å². The van der Waals surface area contributed by atoms with Crippen molar-refractivity contribution in [2.75, 3.05) is 19.7 Å². The van der Waals surface area contributed by atoms with Gasteiger partial charge < -0.3 is 25.2 Å². The summed E-state index contributed by atoms with van der Waals surface area (Å²) in [6, 6.07) is 12.4. The standard InChI is InChI=1S/C21H25F4N3O3/c1-2-26-21(27-11-14-4-3-5-17(10-14)30-13-19(22)23)28-12-18(29)15-6-8-16(9-7-15)31-20(24)25/h3-10,18-20,29H,2,11-13H2,1H3,(H2,26,27,28). The molecule has 0 heterocycles. The highest BCUT2D eigenvalue weighted by atomic mass is 19.3. The van der Waals surface area contributed by atoms with Gasteiger partial charge in [0.05, 0.1) is 12.6 Å². The molecule has 0 amide bonds. The summed E-state index contributed by atoms with van der Waals surface area (Å²) in [5.74, 6) is 0.785. The maximum absolute atomic E-state index is 12.3. The van der Waals surface area contributed by atoms with E-state index in [4.69, 9.17) is 4.74 Å². The van der Waals surface area contributed by atoms with Gasteiger partial charge in [-0.1, -0.05) is 24.3 Å². The zero-order valence-electron chi connectivity index (χ0n) is 16.9. The lowest BCUT2D eigenvalue weighted by atomic mass is 10.1. The number of nitrogens with zero attached hydrogens (tertiary/aromatic N) is 1. The second-order valence-corrected chi connectivity index (χ2v) is 6.39. The van der Waals surface area contributed by atoms with Gasteiger partial charge in [-0.2, -0.15) is 8.78 Å². The van der Waals surface area contributed by atoms with Gasteiger partial charge >= 0.3 is 6.61 Å². The van der Waals surface area contributed by atoms with Crippen LogP contribution in [0.3, 0.4) is 0 Å². The fraction of sp³-hybridized carbons (Fsp3) is 0.381. The maximum Gasteiger partial charge on any atom is 0.387 e. The average Bonchev–Trinajstić information content (AvgIpc) is 2.74. The minimum absolute atomic E-state index is 0.00794. The molecular weight excluding hydrogens is 418 g/mol. The van der Waals surface area contributed by atoms with Crippen molar-refractivity contribution in [3.05, 3.63) is 59.7 Å². The number of alkyl halides is 4. The third kappa shape index (κ3) is 9.12. The predicted molar refractivity (Wildman–Crippen MR) is 109 cm³/mol. The number of hydrogen-bond acceptors (Lipinski definition) is 4. The predicted octanol–water partition coefficient (Wildman–Crippen LogP) is 3.72. The van der Waals surface area contributed by atoms with Crippen molar-refractivity contribution in [2.24, 2.45) is 4.99 Å². The van der Waals surface area contributed by atoms with Crippen molar-refractivity contribution in [2.45, 2.75) is 32.6 Å². The molecule has 0 bridgehead atoms. The van der Waals surface area contributed by atoms with Gasteiger partial charge in [-0.05, 0) is 42.3 Å². The maximum atomic E-state index is 12.3. The second kappa shape index (κ2) is 12.6. The number of ether oxygens (including phenoxy) is 2. The van der Waals surface area contributed by atoms with Crippen LogP contribution in [0.25, 0.3) is 0 Å². The van der Waals surface area contributed by atoms with Gasteiger partial charge in [0.15, 0.2) is 5.96 Å². The lowest BCUT2D eigenvalue weighted by Crippen LogP contribution is -2.39. The molecule has 6 nitrogen and oxygen atoms in total. The Bertz CT molecular complexity index is 820. The lowest BCUT2D eigenvalue weighted by molar-refractivity contribution is -0.0498. The summed E-state index contributed by atoms with van der Waals surface area (Å²) in [6.07, 6.45) is -3.46. The normalized spacial score (nSPS) is 12.7. The number of aliphatic imine (C=N–C) groups is 1. The van der Waals surface area contributed by atoms with Gasteiger partial charge in [-0.3, -0.25) is 0 Å². The Morgan fingerprint density at radius 2 is 1.77 bits per heavy atom. The summed E-state index contributed by atoms with van der Waals surface area (Å²) in [5, 5.41) is 16.4. The molecule has 0 saturated carbocycles. The van der Waals surface area contributed by atoms with E-state index < -0.39 is 25.7 Å². The molecule has 2 aromatic rings. The molecule has 0 fully saturated rings. The van der Waals surface area contributed by atoms with Crippen LogP contribution in [-0.4, -0.2) is 43.8 Å². The van der Waals surface area contributed by atoms with Gasteiger partial charge in [0, 0.05) is 13.1 Å². The van der Waals surface area contributed by atoms with Crippen LogP contribution < -0.4 is 20.1 Å². The smallest absolute Gasteiger partial charge is 0.387 e. The van der Waals surface area contributed by atoms with Crippen LogP contribution in [0.5, 0.6) is 11.5 Å². The van der Waals surface area contributed by atoms with E-state index >= 15 is 0 Å². The van der Waals surface area contributed by atoms with Gasteiger partial charge in [0.2, 0.25) is 0 Å². The van der Waals surface area contributed by atoms with Crippen LogP contribution >= 0.6 is 0 Å². The molecular formula is C21H25F4N3O3. The molecule has 3 N–H and O–H groups in total. The first kappa shape index (κ1) is 24.3. The molecule has 2 rings (SSSR count). The fourth-order valence-corrected chi connectivity index (χ4v) is 2.59. The van der Waals surface area contributed by atoms with Gasteiger partial charge in [-0.15, -0.1) is 0 Å². The first-order valence-corrected chi connectivity index (χ1v) is 9.62. The van der Waals surface area contributed by atoms with Crippen LogP contribution in [0, 0.1) is 0 Å². The molecule has 10 heteroatoms. The fourth-order valence-electron chi connectivity index (χ4n) is 2.59. The number of guanidine groups is 1. The summed E-state index contributed by atoms with van der Waals surface area (Å²) in [4.78, 5) is 4.41. The SMILES string of the molecule is CCNC(=NCc1cccc(OCC(F)F)c1)NCC(O)c1ccc(OC(F)F)cc1. The summed E-state index contributed by atoms with van der Waals surface area (Å²) in [7, 11) is 0. The number of benzene rings is 2. The molecule has 0 aliphatic rings. The minimum atomic E-state index is -2.91. The van der Waals surface area contributed by atoms with E-state index in [-0.39, 0.29) is 18.8 Å². The highest BCUT2D eigenvalue weighted by Crippen LogP contribution is 2.19. The minimum Gasteiger partial charge on any atom is -0.488 e. The van der Waals surface area contributed by atoms with E-state index in [1.54, 1.807) is 24.3 Å². The molecule has 1 unspecified atom stereocenters. The Labute approximate surface area is 177 Å². The molecule has 2 aromatic carbocycles. The monoisotopic (exact) mass is 443 g/mol. The molecule has 31 heavy (non-hydrogen) atoms. The van der Waals surface area contributed by atoms with Crippen LogP contribution in [0.2, 0.25) is 0 Å². The van der Waals surface area contributed by atoms with E-state index in [0.717, 1.165) is 5.56 Å². The number of hydrogen-bond donors (Lipinski definition) is 3. The summed E-state index contributed by atoms with van der Waals surface area (Å²) < 4.78 is 58.3. The molecule has 1 atom stereocenters. The Morgan fingerprint density at radius 1 is 1.03 bits per heavy atom. The summed E-state index contributed by atoms with van der Waals surface area (Å²) in [5.41, 5.74) is 1.29. The van der Waals surface area contributed by atoms with Crippen molar-refractivity contribution in [3.63, 3.8) is 0 Å². The number of rotatable bonds is 11. The Morgan fingerprint density at radius 3 is 2.42 bits per heavy atom. The summed E-state index contributed by atoms with van der Waals surface area (Å²) in [6.45, 7) is -0.736. The molecule has 0 aliphatic heterocycles. The number of nitrogens with one attached hydrogen (secondary N) is 2. The van der Waals surface area contributed by atoms with Gasteiger partial charge in [0.25, 0.3) is 6.43 Å². The molecule has 170 valence electrons. The second-order valence-electron chi connectivity index (χ2n) is 6.39.